The van der Waals surface area contributed by atoms with Gasteiger partial charge in [0.25, 0.3) is 0 Å². The Morgan fingerprint density at radius 1 is 1.26 bits per heavy atom. The van der Waals surface area contributed by atoms with E-state index < -0.39 is 0 Å². The number of nitrogens with two attached hydrogens (primary N) is 1. The van der Waals surface area contributed by atoms with Crippen LogP contribution in [0.3, 0.4) is 0 Å². The Balaban J connectivity index is 2.31. The predicted octanol–water partition coefficient (Wildman–Crippen LogP) is 3.99. The highest BCUT2D eigenvalue weighted by Crippen LogP contribution is 2.55. The van der Waals surface area contributed by atoms with Crippen molar-refractivity contribution in [3.05, 3.63) is 40.4 Å². The first-order valence-electron chi connectivity index (χ1n) is 6.61. The molecular formula is C16H18BrNO. The fourth-order valence-corrected chi connectivity index (χ4v) is 3.41. The van der Waals surface area contributed by atoms with E-state index in [1.54, 1.807) is 7.11 Å². The number of fused-ring (bicyclic) bond motifs is 1. The Morgan fingerprint density at radius 2 is 2.00 bits per heavy atom. The van der Waals surface area contributed by atoms with Crippen LogP contribution in [0.25, 0.3) is 10.8 Å². The van der Waals surface area contributed by atoms with Crippen molar-refractivity contribution in [3.63, 3.8) is 0 Å². The van der Waals surface area contributed by atoms with Gasteiger partial charge >= 0.3 is 0 Å². The van der Waals surface area contributed by atoms with Crippen molar-refractivity contribution in [2.24, 2.45) is 5.73 Å². The average molecular weight is 320 g/mol. The molecule has 1 aliphatic rings. The second kappa shape index (κ2) is 4.50. The number of hydrogen-bond donors (Lipinski definition) is 1. The van der Waals surface area contributed by atoms with Gasteiger partial charge < -0.3 is 10.5 Å². The number of ether oxygens (including phenoxy) is 1. The van der Waals surface area contributed by atoms with E-state index in [4.69, 9.17) is 10.5 Å². The minimum Gasteiger partial charge on any atom is -0.496 e. The van der Waals surface area contributed by atoms with Crippen LogP contribution in [0.15, 0.2) is 34.8 Å². The molecule has 0 aliphatic heterocycles. The molecule has 100 valence electrons. The highest BCUT2D eigenvalue weighted by atomic mass is 79.9. The normalized spacial score (nSPS) is 18.3. The molecule has 19 heavy (non-hydrogen) atoms. The maximum atomic E-state index is 6.24. The van der Waals surface area contributed by atoms with Crippen molar-refractivity contribution in [1.29, 1.82) is 0 Å². The molecule has 2 N–H and O–H groups in total. The van der Waals surface area contributed by atoms with Gasteiger partial charge in [0.1, 0.15) is 5.75 Å². The SMILES string of the molecule is COc1ccc2cc(Br)ccc2c1C1(C(C)N)CC1. The monoisotopic (exact) mass is 319 g/mol. The summed E-state index contributed by atoms with van der Waals surface area (Å²) in [6.45, 7) is 2.10. The van der Waals surface area contributed by atoms with E-state index >= 15 is 0 Å². The second-order valence-electron chi connectivity index (χ2n) is 5.45. The Bertz CT molecular complexity index is 632. The van der Waals surface area contributed by atoms with E-state index in [0.29, 0.717) is 0 Å². The standard InChI is InChI=1S/C16H18BrNO/c1-10(18)16(7-8-16)15-13-5-4-12(17)9-11(13)3-6-14(15)19-2/h3-6,9-10H,7-8,18H2,1-2H3. The first-order valence-corrected chi connectivity index (χ1v) is 7.40. The van der Waals surface area contributed by atoms with Gasteiger partial charge in [-0.25, -0.2) is 0 Å². The first kappa shape index (κ1) is 12.9. The van der Waals surface area contributed by atoms with E-state index in [0.717, 1.165) is 23.1 Å². The Labute approximate surface area is 122 Å². The van der Waals surface area contributed by atoms with Gasteiger partial charge in [0.2, 0.25) is 0 Å². The van der Waals surface area contributed by atoms with Crippen molar-refractivity contribution in [2.45, 2.75) is 31.2 Å². The van der Waals surface area contributed by atoms with Crippen LogP contribution < -0.4 is 10.5 Å². The number of rotatable bonds is 3. The Hall–Kier alpha value is -1.06. The number of halogens is 1. The van der Waals surface area contributed by atoms with Gasteiger partial charge in [-0.1, -0.05) is 28.1 Å². The summed E-state index contributed by atoms with van der Waals surface area (Å²) in [5.41, 5.74) is 7.63. The van der Waals surface area contributed by atoms with E-state index in [1.807, 2.05) is 0 Å². The highest BCUT2D eigenvalue weighted by Gasteiger charge is 2.49. The fourth-order valence-electron chi connectivity index (χ4n) is 3.03. The molecule has 0 aromatic heterocycles. The summed E-state index contributed by atoms with van der Waals surface area (Å²) in [7, 11) is 1.74. The van der Waals surface area contributed by atoms with Crippen molar-refractivity contribution >= 4 is 26.7 Å². The van der Waals surface area contributed by atoms with Crippen molar-refractivity contribution in [3.8, 4) is 5.75 Å². The first-order chi connectivity index (χ1) is 9.08. The lowest BCUT2D eigenvalue weighted by Crippen LogP contribution is -2.32. The molecule has 0 saturated heterocycles. The quantitative estimate of drug-likeness (QED) is 0.928. The van der Waals surface area contributed by atoms with Crippen LogP contribution in [0, 0.1) is 0 Å². The van der Waals surface area contributed by atoms with Crippen LogP contribution in [0.5, 0.6) is 5.75 Å². The summed E-state index contributed by atoms with van der Waals surface area (Å²) in [5.74, 6) is 0.963. The maximum Gasteiger partial charge on any atom is 0.123 e. The van der Waals surface area contributed by atoms with E-state index in [-0.39, 0.29) is 11.5 Å². The molecule has 2 nitrogen and oxygen atoms in total. The summed E-state index contributed by atoms with van der Waals surface area (Å²) < 4.78 is 6.69. The minimum atomic E-state index is 0.0959. The lowest BCUT2D eigenvalue weighted by molar-refractivity contribution is 0.400. The Kier molecular flexibility index (Phi) is 3.06. The van der Waals surface area contributed by atoms with Crippen LogP contribution >= 0.6 is 15.9 Å². The molecule has 0 heterocycles. The fraction of sp³-hybridized carbons (Fsp3) is 0.375. The van der Waals surface area contributed by atoms with Gasteiger partial charge in [0.05, 0.1) is 7.11 Å². The van der Waals surface area contributed by atoms with Gasteiger partial charge in [-0.2, -0.15) is 0 Å². The molecule has 1 saturated carbocycles. The molecule has 1 aliphatic carbocycles. The largest absolute Gasteiger partial charge is 0.496 e. The van der Waals surface area contributed by atoms with Crippen molar-refractivity contribution in [2.75, 3.05) is 7.11 Å². The predicted molar refractivity (Wildman–Crippen MR) is 82.8 cm³/mol. The van der Waals surface area contributed by atoms with Gasteiger partial charge in [-0.05, 0) is 48.7 Å². The summed E-state index contributed by atoms with van der Waals surface area (Å²) in [5, 5.41) is 2.49. The Morgan fingerprint density at radius 3 is 2.58 bits per heavy atom. The third kappa shape index (κ3) is 1.96. The molecule has 0 radical (unpaired) electrons. The third-order valence-corrected chi connectivity index (χ3v) is 4.81. The van der Waals surface area contributed by atoms with Crippen molar-refractivity contribution in [1.82, 2.24) is 0 Å². The second-order valence-corrected chi connectivity index (χ2v) is 6.37. The van der Waals surface area contributed by atoms with E-state index in [2.05, 4.69) is 53.2 Å². The zero-order valence-corrected chi connectivity index (χ0v) is 12.8. The molecule has 1 atom stereocenters. The smallest absolute Gasteiger partial charge is 0.123 e. The molecule has 0 bridgehead atoms. The molecular weight excluding hydrogens is 302 g/mol. The van der Waals surface area contributed by atoms with Gasteiger partial charge in [-0.3, -0.25) is 0 Å². The molecule has 3 heteroatoms. The topological polar surface area (TPSA) is 35.2 Å². The lowest BCUT2D eigenvalue weighted by atomic mass is 9.85. The molecule has 1 fully saturated rings. The van der Waals surface area contributed by atoms with Crippen LogP contribution in [0.2, 0.25) is 0 Å². The van der Waals surface area contributed by atoms with Crippen LogP contribution in [-0.4, -0.2) is 13.2 Å². The zero-order valence-electron chi connectivity index (χ0n) is 11.2. The van der Waals surface area contributed by atoms with Gasteiger partial charge in [0.15, 0.2) is 0 Å². The lowest BCUT2D eigenvalue weighted by Gasteiger charge is -2.24. The number of methoxy groups -OCH3 is 1. The maximum absolute atomic E-state index is 6.24. The molecule has 1 unspecified atom stereocenters. The minimum absolute atomic E-state index is 0.0959. The molecule has 0 amide bonds. The van der Waals surface area contributed by atoms with Gasteiger partial charge in [0, 0.05) is 21.5 Å². The molecule has 2 aromatic carbocycles. The van der Waals surface area contributed by atoms with Crippen LogP contribution in [-0.2, 0) is 5.41 Å². The number of benzene rings is 2. The van der Waals surface area contributed by atoms with E-state index in [9.17, 15) is 0 Å². The molecule has 3 rings (SSSR count). The zero-order chi connectivity index (χ0) is 13.6. The summed E-state index contributed by atoms with van der Waals surface area (Å²) in [6, 6.07) is 10.7. The van der Waals surface area contributed by atoms with Gasteiger partial charge in [-0.15, -0.1) is 0 Å². The van der Waals surface area contributed by atoms with Crippen molar-refractivity contribution < 1.29 is 4.74 Å². The summed E-state index contributed by atoms with van der Waals surface area (Å²) in [6.07, 6.45) is 2.30. The average Bonchev–Trinajstić information content (AvgIpc) is 3.18. The molecule has 0 spiro atoms. The van der Waals surface area contributed by atoms with Crippen LogP contribution in [0.1, 0.15) is 25.3 Å². The summed E-state index contributed by atoms with van der Waals surface area (Å²) in [4.78, 5) is 0. The van der Waals surface area contributed by atoms with E-state index in [1.165, 1.54) is 16.3 Å². The van der Waals surface area contributed by atoms with Crippen LogP contribution in [0.4, 0.5) is 0 Å². The molecule has 2 aromatic rings. The highest BCUT2D eigenvalue weighted by molar-refractivity contribution is 9.10. The summed E-state index contributed by atoms with van der Waals surface area (Å²) >= 11 is 3.53. The third-order valence-electron chi connectivity index (χ3n) is 4.32. The number of hydrogen-bond acceptors (Lipinski definition) is 2.